The van der Waals surface area contributed by atoms with Crippen molar-refractivity contribution in [2.45, 2.75) is 44.8 Å². The van der Waals surface area contributed by atoms with Crippen molar-refractivity contribution in [3.8, 4) is 0 Å². The molecule has 84 valence electrons. The zero-order valence-electron chi connectivity index (χ0n) is 10.1. The first-order valence-electron chi connectivity index (χ1n) is 5.92. The third-order valence-electron chi connectivity index (χ3n) is 2.85. The maximum atomic E-state index is 10.2. The van der Waals surface area contributed by atoms with E-state index in [9.17, 15) is 5.11 Å². The average Bonchev–Trinajstić information content (AvgIpc) is 2.19. The quantitative estimate of drug-likeness (QED) is 0.756. The molecular formula is C13H22OSi. The molecule has 1 unspecified atom stereocenters. The topological polar surface area (TPSA) is 20.2 Å². The Bertz CT molecular complexity index is 290. The summed E-state index contributed by atoms with van der Waals surface area (Å²) in [4.78, 5) is 0. The van der Waals surface area contributed by atoms with Gasteiger partial charge in [0, 0.05) is 10.2 Å². The number of rotatable bonds is 5. The Morgan fingerprint density at radius 1 is 1.27 bits per heavy atom. The number of hydrogen-bond acceptors (Lipinski definition) is 1. The van der Waals surface area contributed by atoms with Gasteiger partial charge >= 0.3 is 0 Å². The first-order valence-corrected chi connectivity index (χ1v) is 7.33. The van der Waals surface area contributed by atoms with Crippen LogP contribution in [-0.4, -0.2) is 15.3 Å². The summed E-state index contributed by atoms with van der Waals surface area (Å²) >= 11 is 0. The van der Waals surface area contributed by atoms with Crippen LogP contribution in [0, 0.1) is 0 Å². The van der Waals surface area contributed by atoms with Crippen molar-refractivity contribution >= 4 is 10.2 Å². The van der Waals surface area contributed by atoms with E-state index in [1.807, 2.05) is 6.92 Å². The number of aryl methyl sites for hydroxylation is 1. The van der Waals surface area contributed by atoms with Crippen molar-refractivity contribution < 1.29 is 5.11 Å². The second kappa shape index (κ2) is 5.47. The molecule has 0 radical (unpaired) electrons. The lowest BCUT2D eigenvalue weighted by Crippen LogP contribution is -2.20. The first kappa shape index (κ1) is 12.5. The van der Waals surface area contributed by atoms with Gasteiger partial charge in [-0.15, -0.1) is 0 Å². The highest BCUT2D eigenvalue weighted by molar-refractivity contribution is 6.08. The van der Waals surface area contributed by atoms with E-state index in [-0.39, 0.29) is 0 Å². The van der Waals surface area contributed by atoms with E-state index in [4.69, 9.17) is 0 Å². The molecule has 0 amide bonds. The van der Waals surface area contributed by atoms with Gasteiger partial charge in [0.2, 0.25) is 0 Å². The Balaban J connectivity index is 2.78. The molecule has 0 aromatic heterocycles. The van der Waals surface area contributed by atoms with Crippen molar-refractivity contribution in [3.05, 3.63) is 35.4 Å². The maximum absolute atomic E-state index is 10.2. The Labute approximate surface area is 96.0 Å². The van der Waals surface area contributed by atoms with Gasteiger partial charge in [-0.1, -0.05) is 43.7 Å². The van der Waals surface area contributed by atoms with Gasteiger partial charge in [-0.3, -0.25) is 0 Å². The number of aliphatic hydroxyl groups is 1. The maximum Gasteiger partial charge on any atom is 0.0868 e. The summed E-state index contributed by atoms with van der Waals surface area (Å²) in [5.74, 6) is 0. The van der Waals surface area contributed by atoms with Gasteiger partial charge in [-0.25, -0.2) is 0 Å². The summed E-state index contributed by atoms with van der Waals surface area (Å²) in [5.41, 5.74) is 1.77. The van der Waals surface area contributed by atoms with E-state index >= 15 is 0 Å². The fraction of sp³-hybridized carbons (Fsp3) is 0.538. The van der Waals surface area contributed by atoms with E-state index in [0.29, 0.717) is 0 Å². The normalized spacial score (nSPS) is 15.1. The van der Waals surface area contributed by atoms with Crippen LogP contribution in [-0.2, 0) is 12.0 Å². The highest BCUT2D eigenvalue weighted by atomic mass is 28.1. The minimum absolute atomic E-state index is 0.658. The average molecular weight is 222 g/mol. The second-order valence-corrected chi connectivity index (χ2v) is 5.47. The molecule has 15 heavy (non-hydrogen) atoms. The molecule has 1 rings (SSSR count). The molecule has 1 nitrogen and oxygen atoms in total. The van der Waals surface area contributed by atoms with E-state index < -0.39 is 5.60 Å². The molecule has 0 fully saturated rings. The predicted molar refractivity (Wildman–Crippen MR) is 69.4 cm³/mol. The lowest BCUT2D eigenvalue weighted by molar-refractivity contribution is 0.0469. The molecule has 0 aliphatic rings. The Morgan fingerprint density at radius 2 is 1.87 bits per heavy atom. The highest BCUT2D eigenvalue weighted by Crippen LogP contribution is 2.26. The molecule has 0 heterocycles. The van der Waals surface area contributed by atoms with Gasteiger partial charge < -0.3 is 5.11 Å². The highest BCUT2D eigenvalue weighted by Gasteiger charge is 2.21. The minimum Gasteiger partial charge on any atom is -0.385 e. The molecule has 0 aliphatic heterocycles. The van der Waals surface area contributed by atoms with E-state index in [1.54, 1.807) is 0 Å². The Morgan fingerprint density at radius 3 is 2.33 bits per heavy atom. The van der Waals surface area contributed by atoms with Gasteiger partial charge in [0.05, 0.1) is 5.60 Å². The fourth-order valence-electron chi connectivity index (χ4n) is 1.95. The lowest BCUT2D eigenvalue weighted by Gasteiger charge is -2.23. The third-order valence-corrected chi connectivity index (χ3v) is 3.35. The summed E-state index contributed by atoms with van der Waals surface area (Å²) in [5, 5.41) is 10.2. The van der Waals surface area contributed by atoms with Gasteiger partial charge in [-0.05, 0) is 30.9 Å². The molecule has 1 N–H and O–H groups in total. The first-order chi connectivity index (χ1) is 7.10. The molecule has 2 heteroatoms. The summed E-state index contributed by atoms with van der Waals surface area (Å²) in [6.45, 7) is 4.00. The van der Waals surface area contributed by atoms with Crippen LogP contribution < -0.4 is 0 Å². The lowest BCUT2D eigenvalue weighted by atomic mass is 9.91. The van der Waals surface area contributed by atoms with Crippen LogP contribution in [0.2, 0.25) is 6.04 Å². The minimum atomic E-state index is -0.658. The van der Waals surface area contributed by atoms with Crippen LogP contribution in [0.5, 0.6) is 0 Å². The molecule has 1 aromatic carbocycles. The van der Waals surface area contributed by atoms with Crippen LogP contribution in [0.3, 0.4) is 0 Å². The van der Waals surface area contributed by atoms with Crippen LogP contribution in [0.15, 0.2) is 24.3 Å². The number of hydrogen-bond donors (Lipinski definition) is 1. The van der Waals surface area contributed by atoms with Gasteiger partial charge in [0.15, 0.2) is 0 Å². The second-order valence-electron chi connectivity index (χ2n) is 4.47. The number of benzene rings is 1. The molecule has 1 atom stereocenters. The largest absolute Gasteiger partial charge is 0.385 e. The van der Waals surface area contributed by atoms with Gasteiger partial charge in [0.25, 0.3) is 0 Å². The Kier molecular flexibility index (Phi) is 4.55. The van der Waals surface area contributed by atoms with Gasteiger partial charge in [-0.2, -0.15) is 0 Å². The fourth-order valence-corrected chi connectivity index (χ4v) is 2.53. The SMILES string of the molecule is CCCC(C)(O)c1ccc(CC[SiH3])cc1. The third kappa shape index (κ3) is 3.47. The summed E-state index contributed by atoms with van der Waals surface area (Å²) in [6, 6.07) is 9.75. The van der Waals surface area contributed by atoms with E-state index in [2.05, 4.69) is 31.2 Å². The smallest absolute Gasteiger partial charge is 0.0868 e. The van der Waals surface area contributed by atoms with Crippen molar-refractivity contribution in [2.75, 3.05) is 0 Å². The van der Waals surface area contributed by atoms with E-state index in [0.717, 1.165) is 18.4 Å². The van der Waals surface area contributed by atoms with Crippen molar-refractivity contribution in [2.24, 2.45) is 0 Å². The van der Waals surface area contributed by atoms with Crippen molar-refractivity contribution in [1.82, 2.24) is 0 Å². The standard InChI is InChI=1S/C13H22OSi/c1-3-9-13(2,14)12-6-4-11(5-7-12)8-10-15/h4-7,14H,3,8-10H2,1-2,15H3. The van der Waals surface area contributed by atoms with Crippen LogP contribution >= 0.6 is 0 Å². The summed E-state index contributed by atoms with van der Waals surface area (Å²) in [6.07, 6.45) is 3.02. The van der Waals surface area contributed by atoms with Crippen LogP contribution in [0.1, 0.15) is 37.8 Å². The van der Waals surface area contributed by atoms with Crippen molar-refractivity contribution in [1.29, 1.82) is 0 Å². The summed E-state index contributed by atoms with van der Waals surface area (Å²) in [7, 11) is 1.26. The molecule has 0 saturated heterocycles. The van der Waals surface area contributed by atoms with E-state index in [1.165, 1.54) is 28.3 Å². The van der Waals surface area contributed by atoms with Crippen LogP contribution in [0.4, 0.5) is 0 Å². The van der Waals surface area contributed by atoms with Crippen LogP contribution in [0.25, 0.3) is 0 Å². The Hall–Kier alpha value is -0.603. The predicted octanol–water partition coefficient (Wildman–Crippen LogP) is 2.02. The van der Waals surface area contributed by atoms with Gasteiger partial charge in [0.1, 0.15) is 0 Å². The molecule has 0 saturated carbocycles. The molecular weight excluding hydrogens is 200 g/mol. The molecule has 0 spiro atoms. The zero-order chi connectivity index (χ0) is 11.3. The molecule has 0 bridgehead atoms. The molecule has 1 aromatic rings. The zero-order valence-corrected chi connectivity index (χ0v) is 12.1. The van der Waals surface area contributed by atoms with Crippen molar-refractivity contribution in [3.63, 3.8) is 0 Å². The molecule has 0 aliphatic carbocycles. The monoisotopic (exact) mass is 222 g/mol. The summed E-state index contributed by atoms with van der Waals surface area (Å²) < 4.78 is 0.